The smallest absolute Gasteiger partial charge is 0.303 e. The number of esters is 1. The van der Waals surface area contributed by atoms with E-state index in [0.717, 1.165) is 12.8 Å². The molecule has 0 aromatic carbocycles. The molecule has 1 saturated carbocycles. The Morgan fingerprint density at radius 1 is 1.73 bits per heavy atom. The molecule has 0 aromatic heterocycles. The predicted molar refractivity (Wildman–Crippen MR) is 57.3 cm³/mol. The fourth-order valence-corrected chi connectivity index (χ4v) is 2.15. The number of rotatable bonds is 3. The number of hydrogen-bond acceptors (Lipinski definition) is 3. The number of ether oxygens (including phenoxy) is 1. The van der Waals surface area contributed by atoms with Crippen LogP contribution < -0.4 is 0 Å². The van der Waals surface area contributed by atoms with E-state index >= 15 is 0 Å². The molecule has 0 spiro atoms. The summed E-state index contributed by atoms with van der Waals surface area (Å²) in [5, 5.41) is 0. The van der Waals surface area contributed by atoms with Gasteiger partial charge in [-0.3, -0.25) is 9.59 Å². The van der Waals surface area contributed by atoms with Crippen LogP contribution in [0.3, 0.4) is 0 Å². The molecule has 0 saturated heterocycles. The molecule has 0 N–H and O–H groups in total. The van der Waals surface area contributed by atoms with Gasteiger partial charge in [-0.05, 0) is 25.7 Å². The molecule has 0 radical (unpaired) electrons. The largest absolute Gasteiger partial charge is 0.455 e. The predicted octanol–water partition coefficient (Wildman–Crippen LogP) is 2.25. The van der Waals surface area contributed by atoms with Gasteiger partial charge >= 0.3 is 5.97 Å². The third kappa shape index (κ3) is 2.67. The van der Waals surface area contributed by atoms with Gasteiger partial charge in [-0.25, -0.2) is 0 Å². The zero-order valence-corrected chi connectivity index (χ0v) is 9.41. The van der Waals surface area contributed by atoms with Crippen LogP contribution in [0.1, 0.15) is 39.5 Å². The molecule has 1 aliphatic carbocycles. The molecule has 1 aliphatic rings. The van der Waals surface area contributed by atoms with Crippen LogP contribution in [-0.2, 0) is 14.3 Å². The lowest BCUT2D eigenvalue weighted by Gasteiger charge is -2.35. The van der Waals surface area contributed by atoms with Gasteiger partial charge in [0, 0.05) is 12.3 Å². The van der Waals surface area contributed by atoms with Crippen molar-refractivity contribution in [2.24, 2.45) is 5.41 Å². The van der Waals surface area contributed by atoms with Crippen LogP contribution in [0.5, 0.6) is 0 Å². The van der Waals surface area contributed by atoms with Crippen LogP contribution in [0.2, 0.25) is 0 Å². The number of carbonyl (C=O) groups is 2. The highest BCUT2D eigenvalue weighted by molar-refractivity contribution is 5.90. The molecular weight excluding hydrogens is 192 g/mol. The average molecular weight is 210 g/mol. The fraction of sp³-hybridized carbons (Fsp3) is 0.667. The quantitative estimate of drug-likeness (QED) is 0.530. The zero-order valence-electron chi connectivity index (χ0n) is 9.41. The maximum absolute atomic E-state index is 12.0. The normalized spacial score (nSPS) is 31.1. The Labute approximate surface area is 90.5 Å². The van der Waals surface area contributed by atoms with E-state index in [-0.39, 0.29) is 17.2 Å². The Morgan fingerprint density at radius 3 is 2.93 bits per heavy atom. The Balaban J connectivity index is 2.74. The summed E-state index contributed by atoms with van der Waals surface area (Å²) in [5.74, 6) is -0.333. The topological polar surface area (TPSA) is 43.4 Å². The van der Waals surface area contributed by atoms with Gasteiger partial charge in [-0.15, -0.1) is 6.58 Å². The summed E-state index contributed by atoms with van der Waals surface area (Å²) in [6, 6.07) is 0. The first kappa shape index (κ1) is 12.0. The molecule has 2 atom stereocenters. The minimum absolute atomic E-state index is 0.0452. The lowest BCUT2D eigenvalue weighted by atomic mass is 9.71. The van der Waals surface area contributed by atoms with Crippen LogP contribution in [0.4, 0.5) is 0 Å². The van der Waals surface area contributed by atoms with Crippen molar-refractivity contribution in [1.29, 1.82) is 0 Å². The van der Waals surface area contributed by atoms with Gasteiger partial charge in [0.25, 0.3) is 0 Å². The zero-order chi connectivity index (χ0) is 11.5. The van der Waals surface area contributed by atoms with E-state index in [4.69, 9.17) is 4.74 Å². The molecule has 3 heteroatoms. The van der Waals surface area contributed by atoms with Crippen molar-refractivity contribution in [3.63, 3.8) is 0 Å². The molecule has 0 amide bonds. The summed E-state index contributed by atoms with van der Waals surface area (Å²) in [4.78, 5) is 22.9. The number of hydrogen-bond donors (Lipinski definition) is 0. The summed E-state index contributed by atoms with van der Waals surface area (Å²) in [6.07, 6.45) is 4.31. The van der Waals surface area contributed by atoms with E-state index in [1.54, 1.807) is 6.08 Å². The van der Waals surface area contributed by atoms with Crippen molar-refractivity contribution >= 4 is 11.8 Å². The summed E-state index contributed by atoms with van der Waals surface area (Å²) >= 11 is 0. The van der Waals surface area contributed by atoms with Crippen LogP contribution in [-0.4, -0.2) is 17.9 Å². The van der Waals surface area contributed by atoms with Gasteiger partial charge in [0.2, 0.25) is 0 Å². The van der Waals surface area contributed by atoms with Crippen LogP contribution in [0.25, 0.3) is 0 Å². The summed E-state index contributed by atoms with van der Waals surface area (Å²) < 4.78 is 5.02. The Hall–Kier alpha value is -1.12. The first-order chi connectivity index (χ1) is 6.99. The molecule has 0 bridgehead atoms. The first-order valence-corrected chi connectivity index (χ1v) is 5.32. The maximum Gasteiger partial charge on any atom is 0.303 e. The number of allylic oxidation sites excluding steroid dienone is 1. The summed E-state index contributed by atoms with van der Waals surface area (Å²) in [6.45, 7) is 6.92. The van der Waals surface area contributed by atoms with Crippen molar-refractivity contribution in [2.75, 3.05) is 0 Å². The highest BCUT2D eigenvalue weighted by atomic mass is 16.5. The Bertz CT molecular complexity index is 283. The second-order valence-electron chi connectivity index (χ2n) is 4.41. The molecule has 84 valence electrons. The fourth-order valence-electron chi connectivity index (χ4n) is 2.15. The van der Waals surface area contributed by atoms with Gasteiger partial charge in [0.15, 0.2) is 11.9 Å². The average Bonchev–Trinajstić information content (AvgIpc) is 2.13. The molecule has 15 heavy (non-hydrogen) atoms. The van der Waals surface area contributed by atoms with Crippen LogP contribution in [0, 0.1) is 5.41 Å². The number of ketones is 1. The van der Waals surface area contributed by atoms with Crippen molar-refractivity contribution in [3.05, 3.63) is 12.7 Å². The summed E-state index contributed by atoms with van der Waals surface area (Å²) in [7, 11) is 0. The maximum atomic E-state index is 12.0. The number of Topliss-reactive ketones (excluding diaryl/α,β-unsaturated/α-hetero) is 1. The second-order valence-corrected chi connectivity index (χ2v) is 4.41. The molecule has 3 nitrogen and oxygen atoms in total. The van der Waals surface area contributed by atoms with E-state index in [2.05, 4.69) is 6.58 Å². The lowest BCUT2D eigenvalue weighted by molar-refractivity contribution is -0.159. The van der Waals surface area contributed by atoms with Crippen molar-refractivity contribution in [1.82, 2.24) is 0 Å². The van der Waals surface area contributed by atoms with Crippen LogP contribution >= 0.6 is 0 Å². The molecule has 0 heterocycles. The molecule has 2 unspecified atom stereocenters. The number of carbonyl (C=O) groups excluding carboxylic acids is 2. The third-order valence-electron chi connectivity index (χ3n) is 2.99. The molecule has 0 aromatic rings. The van der Waals surface area contributed by atoms with Crippen molar-refractivity contribution in [3.8, 4) is 0 Å². The first-order valence-electron chi connectivity index (χ1n) is 5.32. The van der Waals surface area contributed by atoms with Gasteiger partial charge in [0.05, 0.1) is 0 Å². The van der Waals surface area contributed by atoms with Gasteiger partial charge < -0.3 is 4.74 Å². The molecule has 1 rings (SSSR count). The van der Waals surface area contributed by atoms with Crippen molar-refractivity contribution in [2.45, 2.75) is 45.6 Å². The standard InChI is InChI=1S/C12H18O3/c1-4-7-12(3)8-5-6-10(11(12)14)15-9(2)13/h4,10H,1,5-8H2,2-3H3. The van der Waals surface area contributed by atoms with E-state index < -0.39 is 6.10 Å². The lowest BCUT2D eigenvalue weighted by Crippen LogP contribution is -2.42. The highest BCUT2D eigenvalue weighted by Crippen LogP contribution is 2.37. The van der Waals surface area contributed by atoms with Crippen molar-refractivity contribution < 1.29 is 14.3 Å². The molecule has 1 fully saturated rings. The molecular formula is C12H18O3. The minimum atomic E-state index is -0.541. The van der Waals surface area contributed by atoms with Crippen LogP contribution in [0.15, 0.2) is 12.7 Å². The summed E-state index contributed by atoms with van der Waals surface area (Å²) in [5.41, 5.74) is -0.389. The molecule has 0 aliphatic heterocycles. The van der Waals surface area contributed by atoms with E-state index in [1.165, 1.54) is 6.92 Å². The highest BCUT2D eigenvalue weighted by Gasteiger charge is 2.41. The third-order valence-corrected chi connectivity index (χ3v) is 2.99. The van der Waals surface area contributed by atoms with Gasteiger partial charge in [-0.1, -0.05) is 13.0 Å². The van der Waals surface area contributed by atoms with E-state index in [1.807, 2.05) is 6.92 Å². The Morgan fingerprint density at radius 2 is 2.40 bits per heavy atom. The van der Waals surface area contributed by atoms with Gasteiger partial charge in [0.1, 0.15) is 0 Å². The second kappa shape index (κ2) is 4.60. The monoisotopic (exact) mass is 210 g/mol. The van der Waals surface area contributed by atoms with E-state index in [0.29, 0.717) is 12.8 Å². The Kier molecular flexibility index (Phi) is 3.66. The minimum Gasteiger partial charge on any atom is -0.455 e. The van der Waals surface area contributed by atoms with E-state index in [9.17, 15) is 9.59 Å². The SMILES string of the molecule is C=CCC1(C)CCCC(OC(C)=O)C1=O. The van der Waals surface area contributed by atoms with Gasteiger partial charge in [-0.2, -0.15) is 0 Å².